The molecule has 1 aliphatic heterocycles. The second-order valence-electron chi connectivity index (χ2n) is 8.73. The van der Waals surface area contributed by atoms with Gasteiger partial charge in [0.25, 0.3) is 5.91 Å². The number of nitrogens with one attached hydrogen (secondary N) is 3. The van der Waals surface area contributed by atoms with Crippen molar-refractivity contribution in [1.29, 1.82) is 0 Å². The van der Waals surface area contributed by atoms with E-state index in [1.165, 1.54) is 13.2 Å². The highest BCUT2D eigenvalue weighted by Gasteiger charge is 2.48. The molecule has 9 nitrogen and oxygen atoms in total. The third-order valence-corrected chi connectivity index (χ3v) is 6.65. The third-order valence-electron chi connectivity index (χ3n) is 6.65. The summed E-state index contributed by atoms with van der Waals surface area (Å²) in [6.45, 7) is 1.87. The van der Waals surface area contributed by atoms with Crippen molar-refractivity contribution < 1.29 is 18.7 Å². The van der Waals surface area contributed by atoms with E-state index in [4.69, 9.17) is 14.5 Å². The highest BCUT2D eigenvalue weighted by molar-refractivity contribution is 6.09. The normalized spacial score (nSPS) is 19.0. The minimum absolute atomic E-state index is 0.0621. The number of H-pyrrole nitrogens is 1. The van der Waals surface area contributed by atoms with E-state index in [1.807, 2.05) is 13.0 Å². The Bertz CT molecular complexity index is 1490. The Morgan fingerprint density at radius 2 is 2.09 bits per heavy atom. The van der Waals surface area contributed by atoms with Gasteiger partial charge in [0.05, 0.1) is 35.9 Å². The third kappa shape index (κ3) is 3.40. The van der Waals surface area contributed by atoms with Crippen LogP contribution < -0.4 is 15.4 Å². The first-order valence-corrected chi connectivity index (χ1v) is 11.3. The molecule has 0 radical (unpaired) electrons. The molecule has 1 fully saturated rings. The molecule has 3 atom stereocenters. The number of anilines is 2. The predicted molar refractivity (Wildman–Crippen MR) is 127 cm³/mol. The summed E-state index contributed by atoms with van der Waals surface area (Å²) in [5.74, 6) is 0.105. The van der Waals surface area contributed by atoms with E-state index in [-0.39, 0.29) is 29.7 Å². The summed E-state index contributed by atoms with van der Waals surface area (Å²) in [4.78, 5) is 30.1. The number of amides is 1. The van der Waals surface area contributed by atoms with E-state index in [1.54, 1.807) is 31.6 Å². The molecule has 10 heteroatoms. The lowest BCUT2D eigenvalue weighted by molar-refractivity contribution is 0.0944. The van der Waals surface area contributed by atoms with Crippen LogP contribution in [0.2, 0.25) is 0 Å². The summed E-state index contributed by atoms with van der Waals surface area (Å²) in [7, 11) is 3.00. The van der Waals surface area contributed by atoms with Crippen LogP contribution in [0.3, 0.4) is 0 Å². The number of para-hydroxylation sites is 1. The molecule has 35 heavy (non-hydrogen) atoms. The highest BCUT2D eigenvalue weighted by atomic mass is 19.1. The highest BCUT2D eigenvalue weighted by Crippen LogP contribution is 2.50. The van der Waals surface area contributed by atoms with Crippen molar-refractivity contribution in [1.82, 2.24) is 25.3 Å². The van der Waals surface area contributed by atoms with Gasteiger partial charge in [0, 0.05) is 36.5 Å². The monoisotopic (exact) mass is 474 g/mol. The van der Waals surface area contributed by atoms with Crippen LogP contribution in [0, 0.1) is 5.82 Å². The molecule has 1 amide bonds. The number of nitrogens with zero attached hydrogens (tertiary/aromatic N) is 3. The fourth-order valence-electron chi connectivity index (χ4n) is 4.68. The topological polar surface area (TPSA) is 114 Å². The second-order valence-corrected chi connectivity index (χ2v) is 8.73. The lowest BCUT2D eigenvalue weighted by Crippen LogP contribution is -2.31. The molecule has 2 aliphatic rings. The van der Waals surface area contributed by atoms with Crippen LogP contribution in [0.15, 0.2) is 36.7 Å². The zero-order valence-corrected chi connectivity index (χ0v) is 19.3. The SMILES string of the molecule is COc1c(F)cccc1Nc1c(-c2ccnc3cnc(C(C)OC)nc23)[nH]c2c1C(=O)NC1CC21. The van der Waals surface area contributed by atoms with E-state index in [2.05, 4.69) is 25.6 Å². The average molecular weight is 474 g/mol. The molecule has 0 spiro atoms. The van der Waals surface area contributed by atoms with Gasteiger partial charge in [0.1, 0.15) is 17.1 Å². The van der Waals surface area contributed by atoms with Gasteiger partial charge >= 0.3 is 0 Å². The quantitative estimate of drug-likeness (QED) is 0.383. The maximum Gasteiger partial charge on any atom is 0.255 e. The first-order valence-electron chi connectivity index (χ1n) is 11.3. The Balaban J connectivity index is 1.59. The van der Waals surface area contributed by atoms with Crippen molar-refractivity contribution in [2.24, 2.45) is 0 Å². The van der Waals surface area contributed by atoms with Crippen LogP contribution in [0.4, 0.5) is 15.8 Å². The molecule has 3 aromatic heterocycles. The van der Waals surface area contributed by atoms with E-state index < -0.39 is 5.82 Å². The molecule has 0 bridgehead atoms. The van der Waals surface area contributed by atoms with Crippen LogP contribution in [0.5, 0.6) is 5.75 Å². The molecule has 3 unspecified atom stereocenters. The van der Waals surface area contributed by atoms with Gasteiger partial charge in [-0.1, -0.05) is 6.07 Å². The van der Waals surface area contributed by atoms with Crippen molar-refractivity contribution in [3.05, 3.63) is 59.6 Å². The second kappa shape index (κ2) is 8.02. The maximum absolute atomic E-state index is 14.5. The van der Waals surface area contributed by atoms with E-state index >= 15 is 0 Å². The number of hydrogen-bond donors (Lipinski definition) is 3. The largest absolute Gasteiger partial charge is 0.492 e. The Labute approximate surface area is 200 Å². The first-order chi connectivity index (χ1) is 17.0. The van der Waals surface area contributed by atoms with Crippen LogP contribution >= 0.6 is 0 Å². The molecule has 178 valence electrons. The molecule has 0 saturated heterocycles. The number of ether oxygens (including phenoxy) is 2. The number of pyridine rings is 1. The summed E-state index contributed by atoms with van der Waals surface area (Å²) in [5, 5.41) is 6.33. The molecule has 1 aromatic carbocycles. The maximum atomic E-state index is 14.5. The number of hydrogen-bond acceptors (Lipinski definition) is 7. The van der Waals surface area contributed by atoms with E-state index in [0.29, 0.717) is 39.5 Å². The molecule has 1 aliphatic carbocycles. The standard InChI is InChI=1S/C25H23FN6O3/c1-11(34-2)24-28-10-17-19(32-24)12(7-8-27-17)21-22(29-15-6-4-5-14(26)23(15)35-3)18-20(31-21)13-9-16(13)30-25(18)33/h4-8,10-11,13,16,29,31H,9H2,1-3H3,(H,30,33). The zero-order valence-electron chi connectivity index (χ0n) is 19.3. The smallest absolute Gasteiger partial charge is 0.255 e. The number of aromatic nitrogens is 4. The van der Waals surface area contributed by atoms with Gasteiger partial charge < -0.3 is 25.1 Å². The van der Waals surface area contributed by atoms with Gasteiger partial charge in [0.15, 0.2) is 17.4 Å². The van der Waals surface area contributed by atoms with E-state index in [9.17, 15) is 9.18 Å². The summed E-state index contributed by atoms with van der Waals surface area (Å²) < 4.78 is 25.2. The summed E-state index contributed by atoms with van der Waals surface area (Å²) >= 11 is 0. The van der Waals surface area contributed by atoms with Gasteiger partial charge in [0.2, 0.25) is 0 Å². The molecule has 4 heterocycles. The predicted octanol–water partition coefficient (Wildman–Crippen LogP) is 4.22. The number of fused-ring (bicyclic) bond motifs is 4. The van der Waals surface area contributed by atoms with Crippen molar-refractivity contribution in [3.63, 3.8) is 0 Å². The molecule has 6 rings (SSSR count). The van der Waals surface area contributed by atoms with Crippen LogP contribution in [0.25, 0.3) is 22.3 Å². The van der Waals surface area contributed by atoms with Crippen molar-refractivity contribution >= 4 is 28.3 Å². The number of halogens is 1. The Hall–Kier alpha value is -4.05. The van der Waals surface area contributed by atoms with E-state index in [0.717, 1.165) is 17.7 Å². The Morgan fingerprint density at radius 1 is 1.23 bits per heavy atom. The molecular weight excluding hydrogens is 451 g/mol. The minimum atomic E-state index is -0.504. The zero-order chi connectivity index (χ0) is 24.3. The number of carbonyl (C=O) groups excluding carboxylic acids is 1. The lowest BCUT2D eigenvalue weighted by atomic mass is 10.0. The lowest BCUT2D eigenvalue weighted by Gasteiger charge is -2.17. The average Bonchev–Trinajstić information content (AvgIpc) is 3.55. The van der Waals surface area contributed by atoms with Gasteiger partial charge in [-0.2, -0.15) is 0 Å². The number of methoxy groups -OCH3 is 2. The fraction of sp³-hybridized carbons (Fsp3) is 0.280. The molecule has 4 aromatic rings. The summed E-state index contributed by atoms with van der Waals surface area (Å²) in [5.41, 5.74) is 4.91. The van der Waals surface area contributed by atoms with Crippen LogP contribution in [-0.4, -0.2) is 46.1 Å². The van der Waals surface area contributed by atoms with Crippen molar-refractivity contribution in [2.75, 3.05) is 19.5 Å². The Morgan fingerprint density at radius 3 is 2.89 bits per heavy atom. The van der Waals surface area contributed by atoms with Crippen molar-refractivity contribution in [2.45, 2.75) is 31.4 Å². The number of carbonyl (C=O) groups is 1. The van der Waals surface area contributed by atoms with Crippen LogP contribution in [-0.2, 0) is 4.74 Å². The number of benzene rings is 1. The van der Waals surface area contributed by atoms with Gasteiger partial charge in [-0.05, 0) is 31.5 Å². The van der Waals surface area contributed by atoms with Gasteiger partial charge in [-0.15, -0.1) is 0 Å². The number of rotatable bonds is 6. The number of aromatic amines is 1. The molecule has 3 N–H and O–H groups in total. The summed E-state index contributed by atoms with van der Waals surface area (Å²) in [6.07, 6.45) is 3.89. The van der Waals surface area contributed by atoms with Crippen LogP contribution in [0.1, 0.15) is 47.2 Å². The molecule has 1 saturated carbocycles. The Kier molecular flexibility index (Phi) is 4.92. The van der Waals surface area contributed by atoms with Gasteiger partial charge in [-0.25, -0.2) is 14.4 Å². The fourth-order valence-corrected chi connectivity index (χ4v) is 4.68. The van der Waals surface area contributed by atoms with Gasteiger partial charge in [-0.3, -0.25) is 9.78 Å². The summed E-state index contributed by atoms with van der Waals surface area (Å²) in [6, 6.07) is 6.58. The van der Waals surface area contributed by atoms with Crippen molar-refractivity contribution in [3.8, 4) is 17.0 Å². The minimum Gasteiger partial charge on any atom is -0.492 e. The molecular formula is C25H23FN6O3. The first kappa shape index (κ1) is 21.5.